The Kier molecular flexibility index (Phi) is 6.40. The van der Waals surface area contributed by atoms with Gasteiger partial charge in [0.15, 0.2) is 11.0 Å². The fourth-order valence-electron chi connectivity index (χ4n) is 2.48. The molecule has 0 unspecified atom stereocenters. The van der Waals surface area contributed by atoms with E-state index >= 15 is 0 Å². The molecule has 0 fully saturated rings. The lowest BCUT2D eigenvalue weighted by Crippen LogP contribution is -2.18. The summed E-state index contributed by atoms with van der Waals surface area (Å²) in [5.41, 5.74) is -0.689. The van der Waals surface area contributed by atoms with Gasteiger partial charge in [0, 0.05) is 17.6 Å². The predicted molar refractivity (Wildman–Crippen MR) is 107 cm³/mol. The number of thioether (sulfide) groups is 1. The molecule has 0 atom stereocenters. The number of anilines is 1. The average Bonchev–Trinajstić information content (AvgIpc) is 3.02. The largest absolute Gasteiger partial charge is 0.418 e. The maximum atomic E-state index is 13.1. The van der Waals surface area contributed by atoms with Crippen LogP contribution >= 0.6 is 35.0 Å². The molecule has 0 saturated heterocycles. The second-order valence-corrected chi connectivity index (χ2v) is 7.66. The van der Waals surface area contributed by atoms with Crippen molar-refractivity contribution in [3.8, 4) is 11.4 Å². The maximum Gasteiger partial charge on any atom is 0.418 e. The molecule has 0 radical (unpaired) electrons. The van der Waals surface area contributed by atoms with Crippen LogP contribution in [0.3, 0.4) is 0 Å². The normalized spacial score (nSPS) is 11.5. The van der Waals surface area contributed by atoms with Crippen molar-refractivity contribution in [1.29, 1.82) is 0 Å². The summed E-state index contributed by atoms with van der Waals surface area (Å²) >= 11 is 12.8. The Morgan fingerprint density at radius 3 is 2.48 bits per heavy atom. The third kappa shape index (κ3) is 5.04. The van der Waals surface area contributed by atoms with E-state index in [0.29, 0.717) is 16.0 Å². The van der Waals surface area contributed by atoms with Gasteiger partial charge in [-0.3, -0.25) is 4.79 Å². The van der Waals surface area contributed by atoms with E-state index in [4.69, 9.17) is 23.2 Å². The third-order valence-electron chi connectivity index (χ3n) is 3.85. The van der Waals surface area contributed by atoms with Crippen LogP contribution in [-0.4, -0.2) is 26.4 Å². The van der Waals surface area contributed by atoms with Gasteiger partial charge in [0.1, 0.15) is 0 Å². The lowest BCUT2D eigenvalue weighted by molar-refractivity contribution is -0.137. The summed E-state index contributed by atoms with van der Waals surface area (Å²) in [7, 11) is 1.72. The zero-order chi connectivity index (χ0) is 21.2. The van der Waals surface area contributed by atoms with Crippen LogP contribution in [0.1, 0.15) is 5.56 Å². The number of nitrogens with zero attached hydrogens (tertiary/aromatic N) is 3. The van der Waals surface area contributed by atoms with Crippen molar-refractivity contribution in [1.82, 2.24) is 14.8 Å². The van der Waals surface area contributed by atoms with Gasteiger partial charge < -0.3 is 9.88 Å². The molecule has 1 N–H and O–H groups in total. The molecule has 3 aromatic rings. The molecule has 3 rings (SSSR count). The second-order valence-electron chi connectivity index (χ2n) is 5.87. The SMILES string of the molecule is Cn1c(SCC(=O)Nc2c(Cl)cccc2C(F)(F)F)nnc1-c1ccc(Cl)cc1. The van der Waals surface area contributed by atoms with E-state index in [0.717, 1.165) is 23.4 Å². The molecule has 1 heterocycles. The van der Waals surface area contributed by atoms with Crippen LogP contribution in [-0.2, 0) is 18.0 Å². The number of hydrogen-bond acceptors (Lipinski definition) is 4. The number of carbonyl (C=O) groups excluding carboxylic acids is 1. The van der Waals surface area contributed by atoms with Crippen LogP contribution in [0, 0.1) is 0 Å². The van der Waals surface area contributed by atoms with Gasteiger partial charge in [0.05, 0.1) is 22.0 Å². The summed E-state index contributed by atoms with van der Waals surface area (Å²) in [6.45, 7) is 0. The number of halogens is 5. The average molecular weight is 461 g/mol. The van der Waals surface area contributed by atoms with Gasteiger partial charge in [-0.25, -0.2) is 0 Å². The van der Waals surface area contributed by atoms with E-state index in [-0.39, 0.29) is 10.8 Å². The van der Waals surface area contributed by atoms with Gasteiger partial charge in [0.2, 0.25) is 5.91 Å². The van der Waals surface area contributed by atoms with Gasteiger partial charge in [-0.15, -0.1) is 10.2 Å². The molecule has 2 aromatic carbocycles. The Morgan fingerprint density at radius 2 is 1.83 bits per heavy atom. The number of amides is 1. The van der Waals surface area contributed by atoms with E-state index in [1.54, 1.807) is 35.9 Å². The van der Waals surface area contributed by atoms with Crippen molar-refractivity contribution in [2.45, 2.75) is 11.3 Å². The zero-order valence-electron chi connectivity index (χ0n) is 14.8. The third-order valence-corrected chi connectivity index (χ3v) is 5.44. The van der Waals surface area contributed by atoms with Crippen LogP contribution in [0.2, 0.25) is 10.0 Å². The number of benzene rings is 2. The first-order valence-corrected chi connectivity index (χ1v) is 9.84. The van der Waals surface area contributed by atoms with E-state index in [1.807, 2.05) is 0 Å². The molecule has 0 aliphatic heterocycles. The lowest BCUT2D eigenvalue weighted by atomic mass is 10.1. The molecule has 152 valence electrons. The number of aromatic nitrogens is 3. The molecule has 11 heteroatoms. The minimum absolute atomic E-state index is 0.172. The lowest BCUT2D eigenvalue weighted by Gasteiger charge is -2.15. The molecule has 0 aliphatic rings. The first-order chi connectivity index (χ1) is 13.7. The molecular formula is C18H13Cl2F3N4OS. The Bertz CT molecular complexity index is 1040. The summed E-state index contributed by atoms with van der Waals surface area (Å²) < 4.78 is 41.1. The Morgan fingerprint density at radius 1 is 1.14 bits per heavy atom. The van der Waals surface area contributed by atoms with Crippen molar-refractivity contribution < 1.29 is 18.0 Å². The summed E-state index contributed by atoms with van der Waals surface area (Å²) in [4.78, 5) is 12.2. The van der Waals surface area contributed by atoms with Crippen molar-refractivity contribution in [2.75, 3.05) is 11.1 Å². The summed E-state index contributed by atoms with van der Waals surface area (Å²) in [5, 5.41) is 11.2. The summed E-state index contributed by atoms with van der Waals surface area (Å²) in [6, 6.07) is 10.3. The highest BCUT2D eigenvalue weighted by molar-refractivity contribution is 7.99. The topological polar surface area (TPSA) is 59.8 Å². The Balaban J connectivity index is 1.71. The number of nitrogens with one attached hydrogen (secondary N) is 1. The Hall–Kier alpha value is -2.23. The molecule has 1 amide bonds. The fourth-order valence-corrected chi connectivity index (χ4v) is 3.54. The molecule has 5 nitrogen and oxygen atoms in total. The van der Waals surface area contributed by atoms with Crippen molar-refractivity contribution in [2.24, 2.45) is 7.05 Å². The highest BCUT2D eigenvalue weighted by Crippen LogP contribution is 2.38. The second kappa shape index (κ2) is 8.64. The highest BCUT2D eigenvalue weighted by atomic mass is 35.5. The number of hydrogen-bond donors (Lipinski definition) is 1. The standard InChI is InChI=1S/C18H13Cl2F3N4OS/c1-27-16(10-5-7-11(19)8-6-10)25-26-17(27)29-9-14(28)24-15-12(18(21,22)23)3-2-4-13(15)20/h2-8H,9H2,1H3,(H,24,28). The quantitative estimate of drug-likeness (QED) is 0.507. The first kappa shape index (κ1) is 21.5. The van der Waals surface area contributed by atoms with Crippen LogP contribution in [0.25, 0.3) is 11.4 Å². The van der Waals surface area contributed by atoms with Crippen molar-refractivity contribution in [3.63, 3.8) is 0 Å². The van der Waals surface area contributed by atoms with Crippen molar-refractivity contribution in [3.05, 3.63) is 58.1 Å². The molecule has 1 aromatic heterocycles. The maximum absolute atomic E-state index is 13.1. The number of para-hydroxylation sites is 1. The molecule has 0 aliphatic carbocycles. The van der Waals surface area contributed by atoms with Gasteiger partial charge in [-0.1, -0.05) is 41.0 Å². The minimum atomic E-state index is -4.64. The van der Waals surface area contributed by atoms with Gasteiger partial charge >= 0.3 is 6.18 Å². The van der Waals surface area contributed by atoms with Gasteiger partial charge in [0.25, 0.3) is 0 Å². The summed E-state index contributed by atoms with van der Waals surface area (Å²) in [6.07, 6.45) is -4.64. The number of alkyl halides is 3. The minimum Gasteiger partial charge on any atom is -0.324 e. The molecule has 0 spiro atoms. The van der Waals surface area contributed by atoms with E-state index < -0.39 is 23.3 Å². The van der Waals surface area contributed by atoms with Crippen LogP contribution in [0.4, 0.5) is 18.9 Å². The first-order valence-electron chi connectivity index (χ1n) is 8.10. The zero-order valence-corrected chi connectivity index (χ0v) is 17.1. The molecule has 0 saturated carbocycles. The smallest absolute Gasteiger partial charge is 0.324 e. The van der Waals surface area contributed by atoms with Crippen molar-refractivity contribution >= 4 is 46.6 Å². The number of rotatable bonds is 5. The van der Waals surface area contributed by atoms with E-state index in [9.17, 15) is 18.0 Å². The van der Waals surface area contributed by atoms with Gasteiger partial charge in [-0.05, 0) is 36.4 Å². The van der Waals surface area contributed by atoms with E-state index in [1.165, 1.54) is 12.1 Å². The Labute approximate surface area is 178 Å². The number of carbonyl (C=O) groups is 1. The van der Waals surface area contributed by atoms with Gasteiger partial charge in [-0.2, -0.15) is 13.2 Å². The monoisotopic (exact) mass is 460 g/mol. The highest BCUT2D eigenvalue weighted by Gasteiger charge is 2.34. The fraction of sp³-hybridized carbons (Fsp3) is 0.167. The van der Waals surface area contributed by atoms with E-state index in [2.05, 4.69) is 15.5 Å². The van der Waals surface area contributed by atoms with Crippen LogP contribution < -0.4 is 5.32 Å². The molecule has 0 bridgehead atoms. The summed E-state index contributed by atoms with van der Waals surface area (Å²) in [5.74, 6) is -0.255. The van der Waals surface area contributed by atoms with Crippen LogP contribution in [0.5, 0.6) is 0 Å². The predicted octanol–water partition coefficient (Wildman–Crippen LogP) is 5.54. The molecular weight excluding hydrogens is 448 g/mol. The van der Waals surface area contributed by atoms with Crippen LogP contribution in [0.15, 0.2) is 47.6 Å². The molecule has 29 heavy (non-hydrogen) atoms.